The monoisotopic (exact) mass is 377 g/mol. The van der Waals surface area contributed by atoms with E-state index in [4.69, 9.17) is 0 Å². The molecule has 0 aliphatic carbocycles. The number of benzene rings is 1. The maximum Gasteiger partial charge on any atom is 0.319 e. The van der Waals surface area contributed by atoms with Crippen LogP contribution in [0.4, 0.5) is 16.2 Å². The molecule has 1 aromatic carbocycles. The van der Waals surface area contributed by atoms with Crippen LogP contribution >= 0.6 is 22.6 Å². The van der Waals surface area contributed by atoms with Gasteiger partial charge in [-0.15, -0.1) is 0 Å². The molecular formula is C12H16IN3O3. The van der Waals surface area contributed by atoms with E-state index in [2.05, 4.69) is 10.6 Å². The van der Waals surface area contributed by atoms with E-state index in [0.717, 1.165) is 0 Å². The summed E-state index contributed by atoms with van der Waals surface area (Å²) in [5, 5.41) is 16.1. The highest BCUT2D eigenvalue weighted by Crippen LogP contribution is 2.24. The lowest BCUT2D eigenvalue weighted by atomic mass is 10.1. The summed E-state index contributed by atoms with van der Waals surface area (Å²) in [5.74, 6) is 0.336. The van der Waals surface area contributed by atoms with E-state index >= 15 is 0 Å². The summed E-state index contributed by atoms with van der Waals surface area (Å²) in [6.07, 6.45) is 0. The van der Waals surface area contributed by atoms with Gasteiger partial charge in [0.25, 0.3) is 5.69 Å². The lowest BCUT2D eigenvalue weighted by Crippen LogP contribution is -2.39. The van der Waals surface area contributed by atoms with Crippen molar-refractivity contribution in [2.45, 2.75) is 26.8 Å². The van der Waals surface area contributed by atoms with Gasteiger partial charge in [0.2, 0.25) is 0 Å². The first-order chi connectivity index (χ1) is 8.81. The molecule has 6 nitrogen and oxygen atoms in total. The molecule has 0 aliphatic heterocycles. The summed E-state index contributed by atoms with van der Waals surface area (Å²) >= 11 is 1.87. The van der Waals surface area contributed by atoms with Gasteiger partial charge in [-0.25, -0.2) is 4.79 Å². The van der Waals surface area contributed by atoms with Crippen molar-refractivity contribution in [1.29, 1.82) is 0 Å². The second-order valence-corrected chi connectivity index (χ2v) is 5.72. The Hall–Kier alpha value is -1.38. The average molecular weight is 377 g/mol. The van der Waals surface area contributed by atoms with Crippen molar-refractivity contribution in [2.24, 2.45) is 5.92 Å². The van der Waals surface area contributed by atoms with E-state index in [1.165, 1.54) is 12.1 Å². The Bertz CT molecular complexity index is 491. The van der Waals surface area contributed by atoms with Gasteiger partial charge in [-0.3, -0.25) is 10.1 Å². The molecule has 2 amide bonds. The Kier molecular flexibility index (Phi) is 5.52. The van der Waals surface area contributed by atoms with Gasteiger partial charge in [-0.1, -0.05) is 13.8 Å². The number of nitrogens with zero attached hydrogens (tertiary/aromatic N) is 1. The predicted molar refractivity (Wildman–Crippen MR) is 82.3 cm³/mol. The summed E-state index contributed by atoms with van der Waals surface area (Å²) in [5.41, 5.74) is 0.561. The zero-order chi connectivity index (χ0) is 14.6. The van der Waals surface area contributed by atoms with E-state index in [9.17, 15) is 14.9 Å². The molecule has 0 radical (unpaired) electrons. The molecule has 1 rings (SSSR count). The van der Waals surface area contributed by atoms with Gasteiger partial charge in [0.1, 0.15) is 0 Å². The third-order valence-corrected chi connectivity index (χ3v) is 3.63. The fourth-order valence-corrected chi connectivity index (χ4v) is 1.99. The number of hydrogen-bond donors (Lipinski definition) is 2. The van der Waals surface area contributed by atoms with E-state index in [-0.39, 0.29) is 17.8 Å². The number of nitrogens with one attached hydrogen (secondary N) is 2. The van der Waals surface area contributed by atoms with Gasteiger partial charge < -0.3 is 10.6 Å². The molecule has 0 aliphatic rings. The van der Waals surface area contributed by atoms with Crippen LogP contribution < -0.4 is 10.6 Å². The largest absolute Gasteiger partial charge is 0.335 e. The van der Waals surface area contributed by atoms with Crippen molar-refractivity contribution in [2.75, 3.05) is 5.32 Å². The summed E-state index contributed by atoms with van der Waals surface area (Å²) < 4.78 is 0.484. The number of rotatable bonds is 4. The molecule has 0 spiro atoms. The first-order valence-corrected chi connectivity index (χ1v) is 6.90. The molecule has 19 heavy (non-hydrogen) atoms. The van der Waals surface area contributed by atoms with Crippen LogP contribution in [0, 0.1) is 19.6 Å². The number of amides is 2. The van der Waals surface area contributed by atoms with Crippen molar-refractivity contribution in [3.05, 3.63) is 31.9 Å². The number of carbonyl (C=O) groups is 1. The van der Waals surface area contributed by atoms with Crippen LogP contribution in [-0.2, 0) is 0 Å². The average Bonchev–Trinajstić information content (AvgIpc) is 2.27. The normalized spacial score (nSPS) is 12.1. The SMILES string of the molecule is CC(C)C(C)NC(=O)Nc1ccc([N+](=O)[O-])c(I)c1. The van der Waals surface area contributed by atoms with Crippen LogP contribution in [0.15, 0.2) is 18.2 Å². The molecule has 0 saturated carbocycles. The van der Waals surface area contributed by atoms with Gasteiger partial charge in [0.05, 0.1) is 8.49 Å². The number of anilines is 1. The highest BCUT2D eigenvalue weighted by atomic mass is 127. The van der Waals surface area contributed by atoms with Crippen molar-refractivity contribution in [3.63, 3.8) is 0 Å². The summed E-state index contributed by atoms with van der Waals surface area (Å²) in [6, 6.07) is 4.20. The number of nitro groups is 1. The number of carbonyl (C=O) groups excluding carboxylic acids is 1. The van der Waals surface area contributed by atoms with E-state index < -0.39 is 4.92 Å². The molecule has 1 atom stereocenters. The van der Waals surface area contributed by atoms with Crippen molar-refractivity contribution in [3.8, 4) is 0 Å². The molecule has 104 valence electrons. The molecule has 1 aromatic rings. The quantitative estimate of drug-likeness (QED) is 0.480. The van der Waals surface area contributed by atoms with Gasteiger partial charge in [0, 0.05) is 17.8 Å². The maximum absolute atomic E-state index is 11.7. The highest BCUT2D eigenvalue weighted by Gasteiger charge is 2.14. The Labute approximate surface area is 125 Å². The molecule has 0 heterocycles. The van der Waals surface area contributed by atoms with Crippen LogP contribution in [0.3, 0.4) is 0 Å². The molecule has 0 aromatic heterocycles. The van der Waals surface area contributed by atoms with Crippen LogP contribution in [0.25, 0.3) is 0 Å². The van der Waals surface area contributed by atoms with E-state index in [0.29, 0.717) is 15.2 Å². The van der Waals surface area contributed by atoms with Gasteiger partial charge in [0.15, 0.2) is 0 Å². The lowest BCUT2D eigenvalue weighted by Gasteiger charge is -2.17. The number of hydrogen-bond acceptors (Lipinski definition) is 3. The van der Waals surface area contributed by atoms with Crippen molar-refractivity contribution < 1.29 is 9.72 Å². The fourth-order valence-electron chi connectivity index (χ4n) is 1.27. The maximum atomic E-state index is 11.7. The minimum absolute atomic E-state index is 0.0297. The van der Waals surface area contributed by atoms with Gasteiger partial charge in [-0.2, -0.15) is 0 Å². The molecule has 1 unspecified atom stereocenters. The van der Waals surface area contributed by atoms with E-state index in [1.54, 1.807) is 6.07 Å². The highest BCUT2D eigenvalue weighted by molar-refractivity contribution is 14.1. The number of halogens is 1. The Morgan fingerprint density at radius 1 is 1.37 bits per heavy atom. The molecule has 2 N–H and O–H groups in total. The molecule has 0 saturated heterocycles. The summed E-state index contributed by atoms with van der Waals surface area (Å²) in [6.45, 7) is 5.95. The topological polar surface area (TPSA) is 84.3 Å². The third-order valence-electron chi connectivity index (χ3n) is 2.76. The molecule has 0 bridgehead atoms. The van der Waals surface area contributed by atoms with Crippen LogP contribution in [-0.4, -0.2) is 17.0 Å². The van der Waals surface area contributed by atoms with Crippen LogP contribution in [0.5, 0.6) is 0 Å². The van der Waals surface area contributed by atoms with Gasteiger partial charge >= 0.3 is 6.03 Å². The first-order valence-electron chi connectivity index (χ1n) is 5.82. The molecule has 7 heteroatoms. The predicted octanol–water partition coefficient (Wildman–Crippen LogP) is 3.37. The van der Waals surface area contributed by atoms with Crippen molar-refractivity contribution >= 4 is 40.0 Å². The minimum atomic E-state index is -0.452. The fraction of sp³-hybridized carbons (Fsp3) is 0.417. The zero-order valence-electron chi connectivity index (χ0n) is 10.9. The second kappa shape index (κ2) is 6.69. The second-order valence-electron chi connectivity index (χ2n) is 4.55. The molecular weight excluding hydrogens is 361 g/mol. The Morgan fingerprint density at radius 2 is 2.00 bits per heavy atom. The molecule has 0 fully saturated rings. The minimum Gasteiger partial charge on any atom is -0.335 e. The van der Waals surface area contributed by atoms with Gasteiger partial charge in [-0.05, 0) is 47.6 Å². The Morgan fingerprint density at radius 3 is 2.47 bits per heavy atom. The number of urea groups is 1. The van der Waals surface area contributed by atoms with E-state index in [1.807, 2.05) is 43.4 Å². The van der Waals surface area contributed by atoms with Crippen molar-refractivity contribution in [1.82, 2.24) is 5.32 Å². The number of nitro benzene ring substituents is 1. The smallest absolute Gasteiger partial charge is 0.319 e. The first kappa shape index (κ1) is 15.7. The van der Waals surface area contributed by atoms with Crippen LogP contribution in [0.1, 0.15) is 20.8 Å². The zero-order valence-corrected chi connectivity index (χ0v) is 13.1. The summed E-state index contributed by atoms with van der Waals surface area (Å²) in [7, 11) is 0. The third kappa shape index (κ3) is 4.66. The summed E-state index contributed by atoms with van der Waals surface area (Å²) in [4.78, 5) is 21.9. The standard InChI is InChI=1S/C12H16IN3O3/c1-7(2)8(3)14-12(17)15-9-4-5-11(16(18)19)10(13)6-9/h4-8H,1-3H3,(H2,14,15,17). The lowest BCUT2D eigenvalue weighted by molar-refractivity contribution is -0.385. The van der Waals surface area contributed by atoms with Crippen LogP contribution in [0.2, 0.25) is 0 Å². The Balaban J connectivity index is 2.70.